The van der Waals surface area contributed by atoms with Crippen LogP contribution >= 0.6 is 0 Å². The zero-order chi connectivity index (χ0) is 35.9. The lowest BCUT2D eigenvalue weighted by Crippen LogP contribution is -2.15. The van der Waals surface area contributed by atoms with Gasteiger partial charge in [-0.3, -0.25) is 4.98 Å². The van der Waals surface area contributed by atoms with E-state index in [0.29, 0.717) is 11.4 Å². The molecule has 2 heterocycles. The van der Waals surface area contributed by atoms with Gasteiger partial charge in [-0.2, -0.15) is 5.26 Å². The van der Waals surface area contributed by atoms with Crippen molar-refractivity contribution in [3.63, 3.8) is 0 Å². The van der Waals surface area contributed by atoms with Crippen LogP contribution in [0.25, 0.3) is 78.4 Å². The molecule has 53 heavy (non-hydrogen) atoms. The van der Waals surface area contributed by atoms with Gasteiger partial charge in [0.05, 0.1) is 23.0 Å². The summed E-state index contributed by atoms with van der Waals surface area (Å²) in [7, 11) is 0. The van der Waals surface area contributed by atoms with Crippen LogP contribution in [0.15, 0.2) is 170 Å². The van der Waals surface area contributed by atoms with Crippen molar-refractivity contribution < 1.29 is 0 Å². The number of hydrogen-bond donors (Lipinski definition) is 0. The van der Waals surface area contributed by atoms with Crippen molar-refractivity contribution >= 4 is 0 Å². The standard InChI is InChI=1S/C49H34N4/c1-49(2)44-22-15-32(30-50)24-43(44)42-21-20-37(28-45(42)49)40-25-39(34-18-16-33(17-19-34)38-14-9-23-51-31-38)26-41(27-40)47-29-46(35-10-5-3-6-11-35)52-48(53-47)36-12-7-4-8-13-36/h3-29,31H,1-2H3. The van der Waals surface area contributed by atoms with E-state index in [4.69, 9.17) is 9.97 Å². The zero-order valence-corrected chi connectivity index (χ0v) is 29.5. The van der Waals surface area contributed by atoms with Gasteiger partial charge in [0.1, 0.15) is 0 Å². The van der Waals surface area contributed by atoms with E-state index in [9.17, 15) is 5.26 Å². The minimum atomic E-state index is -0.209. The van der Waals surface area contributed by atoms with Crippen molar-refractivity contribution in [3.8, 4) is 84.5 Å². The van der Waals surface area contributed by atoms with E-state index in [-0.39, 0.29) is 5.41 Å². The van der Waals surface area contributed by atoms with Gasteiger partial charge >= 0.3 is 0 Å². The second-order valence-corrected chi connectivity index (χ2v) is 14.1. The summed E-state index contributed by atoms with van der Waals surface area (Å²) in [6.07, 6.45) is 3.69. The highest BCUT2D eigenvalue weighted by Crippen LogP contribution is 2.50. The number of pyridine rings is 1. The van der Waals surface area contributed by atoms with Gasteiger partial charge in [-0.25, -0.2) is 9.97 Å². The molecular formula is C49H34N4. The fourth-order valence-corrected chi connectivity index (χ4v) is 7.57. The maximum atomic E-state index is 9.65. The monoisotopic (exact) mass is 678 g/mol. The summed E-state index contributed by atoms with van der Waals surface area (Å²) in [5.41, 5.74) is 16.7. The Balaban J connectivity index is 1.23. The number of rotatable bonds is 6. The normalized spacial score (nSPS) is 12.5. The maximum Gasteiger partial charge on any atom is 0.160 e. The van der Waals surface area contributed by atoms with Crippen LogP contribution in [0.3, 0.4) is 0 Å². The molecule has 1 aliphatic rings. The topological polar surface area (TPSA) is 62.5 Å². The van der Waals surface area contributed by atoms with Crippen LogP contribution in [0.4, 0.5) is 0 Å². The summed E-state index contributed by atoms with van der Waals surface area (Å²) in [6, 6.07) is 57.3. The molecule has 1 aliphatic carbocycles. The van der Waals surface area contributed by atoms with Gasteiger partial charge in [0, 0.05) is 34.5 Å². The van der Waals surface area contributed by atoms with Crippen molar-refractivity contribution in [3.05, 3.63) is 187 Å². The first-order valence-electron chi connectivity index (χ1n) is 17.8. The van der Waals surface area contributed by atoms with Crippen molar-refractivity contribution in [1.82, 2.24) is 15.0 Å². The largest absolute Gasteiger partial charge is 0.264 e. The Labute approximate surface area is 309 Å². The third-order valence-corrected chi connectivity index (χ3v) is 10.4. The summed E-state index contributed by atoms with van der Waals surface area (Å²) in [5, 5.41) is 9.65. The van der Waals surface area contributed by atoms with Crippen LogP contribution in [-0.4, -0.2) is 15.0 Å². The Hall–Kier alpha value is -6.96. The Bertz CT molecular complexity index is 2620. The average molecular weight is 679 g/mol. The molecule has 6 aromatic carbocycles. The average Bonchev–Trinajstić information content (AvgIpc) is 3.46. The molecule has 2 aromatic heterocycles. The number of nitrogens with zero attached hydrogens (tertiary/aromatic N) is 4. The van der Waals surface area contributed by atoms with E-state index in [1.54, 1.807) is 6.20 Å². The van der Waals surface area contributed by atoms with Crippen molar-refractivity contribution in [1.29, 1.82) is 5.26 Å². The first kappa shape index (κ1) is 32.0. The summed E-state index contributed by atoms with van der Waals surface area (Å²) in [4.78, 5) is 14.6. The Morgan fingerprint density at radius 3 is 1.74 bits per heavy atom. The molecular weight excluding hydrogens is 645 g/mol. The van der Waals surface area contributed by atoms with Crippen molar-refractivity contribution in [2.45, 2.75) is 19.3 Å². The van der Waals surface area contributed by atoms with Crippen LogP contribution < -0.4 is 0 Å². The molecule has 8 aromatic rings. The molecule has 4 nitrogen and oxygen atoms in total. The smallest absolute Gasteiger partial charge is 0.160 e. The summed E-state index contributed by atoms with van der Waals surface area (Å²) < 4.78 is 0. The molecule has 250 valence electrons. The molecule has 0 saturated heterocycles. The predicted octanol–water partition coefficient (Wildman–Crippen LogP) is 12.1. The van der Waals surface area contributed by atoms with Gasteiger partial charge in [0.15, 0.2) is 5.82 Å². The molecule has 0 aliphatic heterocycles. The number of aromatic nitrogens is 3. The van der Waals surface area contributed by atoms with Crippen LogP contribution in [0.5, 0.6) is 0 Å². The van der Waals surface area contributed by atoms with E-state index >= 15 is 0 Å². The highest BCUT2D eigenvalue weighted by molar-refractivity contribution is 5.87. The van der Waals surface area contributed by atoms with Gasteiger partial charge < -0.3 is 0 Å². The molecule has 4 heteroatoms. The van der Waals surface area contributed by atoms with E-state index < -0.39 is 0 Å². The SMILES string of the molecule is CC1(C)c2ccc(C#N)cc2-c2ccc(-c3cc(-c4ccc(-c5cccnc5)cc4)cc(-c4cc(-c5ccccc5)nc(-c5ccccc5)n4)c3)cc21. The molecule has 0 spiro atoms. The highest BCUT2D eigenvalue weighted by Gasteiger charge is 2.35. The summed E-state index contributed by atoms with van der Waals surface area (Å²) in [5.74, 6) is 0.684. The molecule has 0 bridgehead atoms. The zero-order valence-electron chi connectivity index (χ0n) is 29.5. The first-order chi connectivity index (χ1) is 25.9. The van der Waals surface area contributed by atoms with E-state index in [1.807, 2.05) is 60.8 Å². The fourth-order valence-electron chi connectivity index (χ4n) is 7.57. The Kier molecular flexibility index (Phi) is 7.83. The third-order valence-electron chi connectivity index (χ3n) is 10.4. The number of fused-ring (bicyclic) bond motifs is 3. The van der Waals surface area contributed by atoms with Gasteiger partial charge in [0.2, 0.25) is 0 Å². The Morgan fingerprint density at radius 1 is 0.453 bits per heavy atom. The molecule has 0 radical (unpaired) electrons. The number of nitriles is 1. The summed E-state index contributed by atoms with van der Waals surface area (Å²) >= 11 is 0. The predicted molar refractivity (Wildman–Crippen MR) is 215 cm³/mol. The van der Waals surface area contributed by atoms with Gasteiger partial charge in [-0.05, 0) is 104 Å². The van der Waals surface area contributed by atoms with Crippen molar-refractivity contribution in [2.75, 3.05) is 0 Å². The lowest BCUT2D eigenvalue weighted by atomic mass is 9.81. The van der Waals surface area contributed by atoms with Crippen molar-refractivity contribution in [2.24, 2.45) is 0 Å². The molecule has 0 saturated carbocycles. The van der Waals surface area contributed by atoms with E-state index in [2.05, 4.69) is 128 Å². The lowest BCUT2D eigenvalue weighted by molar-refractivity contribution is 0.660. The minimum Gasteiger partial charge on any atom is -0.264 e. The van der Waals surface area contributed by atoms with Gasteiger partial charge in [0.25, 0.3) is 0 Å². The molecule has 0 fully saturated rings. The highest BCUT2D eigenvalue weighted by atomic mass is 14.9. The van der Waals surface area contributed by atoms with E-state index in [0.717, 1.165) is 67.0 Å². The maximum absolute atomic E-state index is 9.65. The third kappa shape index (κ3) is 5.89. The van der Waals surface area contributed by atoms with E-state index in [1.165, 1.54) is 16.7 Å². The molecule has 0 N–H and O–H groups in total. The number of benzene rings is 6. The number of hydrogen-bond acceptors (Lipinski definition) is 4. The second kappa shape index (κ2) is 13.0. The van der Waals surface area contributed by atoms with Crippen LogP contribution in [0.1, 0.15) is 30.5 Å². The second-order valence-electron chi connectivity index (χ2n) is 14.1. The molecule has 0 unspecified atom stereocenters. The lowest BCUT2D eigenvalue weighted by Gasteiger charge is -2.22. The van der Waals surface area contributed by atoms with Crippen LogP contribution in [0, 0.1) is 11.3 Å². The quantitative estimate of drug-likeness (QED) is 0.176. The molecule has 9 rings (SSSR count). The Morgan fingerprint density at radius 2 is 1.06 bits per heavy atom. The molecule has 0 atom stereocenters. The summed E-state index contributed by atoms with van der Waals surface area (Å²) in [6.45, 7) is 4.55. The van der Waals surface area contributed by atoms with Gasteiger partial charge in [-0.1, -0.05) is 123 Å². The van der Waals surface area contributed by atoms with Crippen LogP contribution in [-0.2, 0) is 5.41 Å². The van der Waals surface area contributed by atoms with Crippen LogP contribution in [0.2, 0.25) is 0 Å². The molecule has 0 amide bonds. The van der Waals surface area contributed by atoms with Gasteiger partial charge in [-0.15, -0.1) is 0 Å². The minimum absolute atomic E-state index is 0.209. The fraction of sp³-hybridized carbons (Fsp3) is 0.0612. The first-order valence-corrected chi connectivity index (χ1v) is 17.8.